The molecule has 2 aliphatic rings. The maximum Gasteiger partial charge on any atom is 0.245 e. The number of hydrogen-bond donors (Lipinski definition) is 1. The SMILES string of the molecule is CCC(C)C1C(=O)NC(C)C(=O)N1CC1CC1. The fourth-order valence-corrected chi connectivity index (χ4v) is 2.46. The highest BCUT2D eigenvalue weighted by atomic mass is 16.2. The largest absolute Gasteiger partial charge is 0.343 e. The molecule has 0 radical (unpaired) electrons. The Labute approximate surface area is 103 Å². The van der Waals surface area contributed by atoms with Crippen LogP contribution in [0, 0.1) is 11.8 Å². The van der Waals surface area contributed by atoms with E-state index in [1.54, 1.807) is 6.92 Å². The molecule has 4 nitrogen and oxygen atoms in total. The number of piperazine rings is 1. The van der Waals surface area contributed by atoms with Gasteiger partial charge >= 0.3 is 0 Å². The number of rotatable bonds is 4. The fourth-order valence-electron chi connectivity index (χ4n) is 2.46. The van der Waals surface area contributed by atoms with Crippen LogP contribution in [0.3, 0.4) is 0 Å². The highest BCUT2D eigenvalue weighted by molar-refractivity contribution is 5.96. The average molecular weight is 238 g/mol. The van der Waals surface area contributed by atoms with Crippen LogP contribution in [0.2, 0.25) is 0 Å². The minimum absolute atomic E-state index is 0.0205. The van der Waals surface area contributed by atoms with E-state index in [0.717, 1.165) is 13.0 Å². The Morgan fingerprint density at radius 2 is 2.06 bits per heavy atom. The van der Waals surface area contributed by atoms with E-state index < -0.39 is 0 Å². The molecule has 0 aromatic heterocycles. The lowest BCUT2D eigenvalue weighted by Crippen LogP contribution is -2.64. The Kier molecular flexibility index (Phi) is 3.40. The first-order chi connectivity index (χ1) is 8.04. The van der Waals surface area contributed by atoms with Gasteiger partial charge in [0.15, 0.2) is 0 Å². The normalized spacial score (nSPS) is 31.4. The third kappa shape index (κ3) is 2.45. The molecule has 1 saturated heterocycles. The fraction of sp³-hybridized carbons (Fsp3) is 0.846. The van der Waals surface area contributed by atoms with Crippen molar-refractivity contribution in [3.05, 3.63) is 0 Å². The molecule has 0 bridgehead atoms. The molecule has 1 heterocycles. The average Bonchev–Trinajstić information content (AvgIpc) is 3.08. The zero-order valence-corrected chi connectivity index (χ0v) is 10.9. The quantitative estimate of drug-likeness (QED) is 0.799. The molecule has 3 unspecified atom stereocenters. The van der Waals surface area contributed by atoms with E-state index in [4.69, 9.17) is 0 Å². The summed E-state index contributed by atoms with van der Waals surface area (Å²) in [6, 6.07) is -0.620. The number of nitrogens with one attached hydrogen (secondary N) is 1. The van der Waals surface area contributed by atoms with Gasteiger partial charge < -0.3 is 10.2 Å². The predicted octanol–water partition coefficient (Wildman–Crippen LogP) is 1.16. The van der Waals surface area contributed by atoms with Gasteiger partial charge in [-0.1, -0.05) is 20.3 Å². The summed E-state index contributed by atoms with van der Waals surface area (Å²) in [7, 11) is 0. The second-order valence-electron chi connectivity index (χ2n) is 5.49. The molecule has 1 aliphatic heterocycles. The minimum Gasteiger partial charge on any atom is -0.343 e. The van der Waals surface area contributed by atoms with Crippen LogP contribution in [-0.4, -0.2) is 35.3 Å². The molecule has 0 spiro atoms. The van der Waals surface area contributed by atoms with Crippen molar-refractivity contribution in [2.45, 2.75) is 52.1 Å². The number of hydrogen-bond acceptors (Lipinski definition) is 2. The van der Waals surface area contributed by atoms with Crippen LogP contribution in [0.1, 0.15) is 40.0 Å². The predicted molar refractivity (Wildman–Crippen MR) is 65.3 cm³/mol. The Morgan fingerprint density at radius 3 is 2.59 bits per heavy atom. The van der Waals surface area contributed by atoms with Gasteiger partial charge in [-0.25, -0.2) is 0 Å². The van der Waals surface area contributed by atoms with Crippen molar-refractivity contribution in [3.8, 4) is 0 Å². The molecule has 1 aliphatic carbocycles. The van der Waals surface area contributed by atoms with E-state index in [2.05, 4.69) is 12.2 Å². The van der Waals surface area contributed by atoms with Gasteiger partial charge in [-0.3, -0.25) is 9.59 Å². The zero-order chi connectivity index (χ0) is 12.6. The van der Waals surface area contributed by atoms with E-state index in [1.807, 2.05) is 11.8 Å². The minimum atomic E-state index is -0.360. The third-order valence-electron chi connectivity index (χ3n) is 3.95. The topological polar surface area (TPSA) is 49.4 Å². The first kappa shape index (κ1) is 12.4. The standard InChI is InChI=1S/C13H22N2O2/c1-4-8(2)11-12(16)14-9(3)13(17)15(11)7-10-5-6-10/h8-11H,4-7H2,1-3H3,(H,14,16). The maximum atomic E-state index is 12.2. The Hall–Kier alpha value is -1.06. The molecule has 0 aromatic rings. The van der Waals surface area contributed by atoms with E-state index in [-0.39, 0.29) is 29.8 Å². The molecular weight excluding hydrogens is 216 g/mol. The second kappa shape index (κ2) is 4.67. The molecule has 1 N–H and O–H groups in total. The number of nitrogens with zero attached hydrogens (tertiary/aromatic N) is 1. The van der Waals surface area contributed by atoms with Gasteiger partial charge in [-0.2, -0.15) is 0 Å². The maximum absolute atomic E-state index is 12.2. The van der Waals surface area contributed by atoms with Crippen molar-refractivity contribution < 1.29 is 9.59 Å². The molecule has 0 aromatic carbocycles. The summed E-state index contributed by atoms with van der Waals surface area (Å²) < 4.78 is 0. The molecular formula is C13H22N2O2. The third-order valence-corrected chi connectivity index (χ3v) is 3.95. The molecule has 17 heavy (non-hydrogen) atoms. The van der Waals surface area contributed by atoms with Crippen LogP contribution in [0.5, 0.6) is 0 Å². The first-order valence-corrected chi connectivity index (χ1v) is 6.65. The van der Waals surface area contributed by atoms with Gasteiger partial charge in [0.25, 0.3) is 0 Å². The first-order valence-electron chi connectivity index (χ1n) is 6.65. The summed E-state index contributed by atoms with van der Waals surface area (Å²) in [5.41, 5.74) is 0. The summed E-state index contributed by atoms with van der Waals surface area (Å²) in [4.78, 5) is 26.1. The zero-order valence-electron chi connectivity index (χ0n) is 10.9. The van der Waals surface area contributed by atoms with Crippen molar-refractivity contribution in [1.29, 1.82) is 0 Å². The molecule has 2 rings (SSSR count). The smallest absolute Gasteiger partial charge is 0.245 e. The van der Waals surface area contributed by atoms with E-state index in [1.165, 1.54) is 12.8 Å². The van der Waals surface area contributed by atoms with Crippen LogP contribution in [0.25, 0.3) is 0 Å². The van der Waals surface area contributed by atoms with Crippen LogP contribution in [-0.2, 0) is 9.59 Å². The van der Waals surface area contributed by atoms with Crippen LogP contribution in [0.4, 0.5) is 0 Å². The second-order valence-corrected chi connectivity index (χ2v) is 5.49. The molecule has 3 atom stereocenters. The van der Waals surface area contributed by atoms with E-state index >= 15 is 0 Å². The summed E-state index contributed by atoms with van der Waals surface area (Å²) >= 11 is 0. The van der Waals surface area contributed by atoms with Gasteiger partial charge in [-0.15, -0.1) is 0 Å². The van der Waals surface area contributed by atoms with Crippen LogP contribution in [0.15, 0.2) is 0 Å². The Balaban J connectivity index is 2.17. The van der Waals surface area contributed by atoms with Crippen LogP contribution < -0.4 is 5.32 Å². The van der Waals surface area contributed by atoms with Gasteiger partial charge in [0.1, 0.15) is 12.1 Å². The van der Waals surface area contributed by atoms with Crippen molar-refractivity contribution in [2.75, 3.05) is 6.54 Å². The number of amides is 2. The Morgan fingerprint density at radius 1 is 1.41 bits per heavy atom. The molecule has 4 heteroatoms. The van der Waals surface area contributed by atoms with Crippen molar-refractivity contribution in [3.63, 3.8) is 0 Å². The molecule has 96 valence electrons. The molecule has 1 saturated carbocycles. The highest BCUT2D eigenvalue weighted by Gasteiger charge is 2.42. The number of carbonyl (C=O) groups excluding carboxylic acids is 2. The Bertz CT molecular complexity index is 325. The van der Waals surface area contributed by atoms with E-state index in [9.17, 15) is 9.59 Å². The van der Waals surface area contributed by atoms with Crippen molar-refractivity contribution >= 4 is 11.8 Å². The van der Waals surface area contributed by atoms with Crippen LogP contribution >= 0.6 is 0 Å². The van der Waals surface area contributed by atoms with Crippen molar-refractivity contribution in [2.24, 2.45) is 11.8 Å². The van der Waals surface area contributed by atoms with Gasteiger partial charge in [0, 0.05) is 6.54 Å². The monoisotopic (exact) mass is 238 g/mol. The van der Waals surface area contributed by atoms with Gasteiger partial charge in [0.05, 0.1) is 0 Å². The molecule has 2 amide bonds. The highest BCUT2D eigenvalue weighted by Crippen LogP contribution is 2.32. The van der Waals surface area contributed by atoms with Gasteiger partial charge in [-0.05, 0) is 31.6 Å². The lowest BCUT2D eigenvalue weighted by Gasteiger charge is -2.40. The lowest BCUT2D eigenvalue weighted by atomic mass is 9.93. The summed E-state index contributed by atoms with van der Waals surface area (Å²) in [6.45, 7) is 6.65. The summed E-state index contributed by atoms with van der Waals surface area (Å²) in [5, 5.41) is 2.79. The van der Waals surface area contributed by atoms with Crippen molar-refractivity contribution in [1.82, 2.24) is 10.2 Å². The summed E-state index contributed by atoms with van der Waals surface area (Å²) in [6.07, 6.45) is 3.32. The summed E-state index contributed by atoms with van der Waals surface area (Å²) in [5.74, 6) is 0.961. The van der Waals surface area contributed by atoms with Gasteiger partial charge in [0.2, 0.25) is 11.8 Å². The molecule has 2 fully saturated rings. The number of carbonyl (C=O) groups is 2. The lowest BCUT2D eigenvalue weighted by molar-refractivity contribution is -0.151. The van der Waals surface area contributed by atoms with E-state index in [0.29, 0.717) is 5.92 Å².